The molecule has 1 N–H and O–H groups in total. The predicted molar refractivity (Wildman–Crippen MR) is 150 cm³/mol. The van der Waals surface area contributed by atoms with Gasteiger partial charge in [-0.05, 0) is 67.1 Å². The number of aliphatic hydroxyl groups is 1. The average Bonchev–Trinajstić information content (AvgIpc) is 3.48. The lowest BCUT2D eigenvalue weighted by Gasteiger charge is -2.37. The van der Waals surface area contributed by atoms with Crippen LogP contribution in [-0.4, -0.2) is 68.4 Å². The Bertz CT molecular complexity index is 1200. The van der Waals surface area contributed by atoms with Gasteiger partial charge in [-0.1, -0.05) is 43.3 Å². The molecule has 2 saturated heterocycles. The number of carbonyl (C=O) groups excluding carboxylic acids is 2. The number of benzene rings is 2. The van der Waals surface area contributed by atoms with Gasteiger partial charge in [0.1, 0.15) is 6.61 Å². The summed E-state index contributed by atoms with van der Waals surface area (Å²) in [5.74, 6) is -0.100. The first-order valence-corrected chi connectivity index (χ1v) is 17.0. The number of fused-ring (bicyclic) bond motifs is 1. The van der Waals surface area contributed by atoms with Crippen molar-refractivity contribution in [3.63, 3.8) is 0 Å². The van der Waals surface area contributed by atoms with Gasteiger partial charge in [0, 0.05) is 17.8 Å². The maximum atomic E-state index is 15.7. The van der Waals surface area contributed by atoms with Crippen molar-refractivity contribution in [3.8, 4) is 0 Å². The topological polar surface area (TPSA) is 79.3 Å². The van der Waals surface area contributed by atoms with Gasteiger partial charge in [0.25, 0.3) is 0 Å². The van der Waals surface area contributed by atoms with Gasteiger partial charge in [0.2, 0.25) is 14.3 Å². The number of aryl methyl sites for hydroxylation is 1. The van der Waals surface area contributed by atoms with Gasteiger partial charge < -0.3 is 23.6 Å². The highest BCUT2D eigenvalue weighted by Crippen LogP contribution is 2.47. The molecule has 3 aliphatic heterocycles. The van der Waals surface area contributed by atoms with E-state index in [2.05, 4.69) is 6.92 Å². The maximum Gasteiger partial charge on any atom is 0.414 e. The fourth-order valence-corrected chi connectivity index (χ4v) is 9.27. The summed E-state index contributed by atoms with van der Waals surface area (Å²) in [4.78, 5) is 28.9. The first-order valence-electron chi connectivity index (χ1n) is 14.0. The third-order valence-electron chi connectivity index (χ3n) is 8.66. The van der Waals surface area contributed by atoms with E-state index in [0.29, 0.717) is 32.5 Å². The monoisotopic (exact) mass is 554 g/mol. The van der Waals surface area contributed by atoms with Gasteiger partial charge in [-0.25, -0.2) is 4.79 Å². The van der Waals surface area contributed by atoms with Crippen molar-refractivity contribution >= 4 is 26.1 Å². The summed E-state index contributed by atoms with van der Waals surface area (Å²) in [6.07, 6.45) is 1.20. The SMILES string of the molecule is C[C@H]1[C@H]([Si](C)(C)F)[C@@H](CC(=O)N2Cc3ccccc3C[C@H]2CO)O[C@H]1CCc1cccc(N2CCOC2=O)c1. The Morgan fingerprint density at radius 1 is 1.13 bits per heavy atom. The third kappa shape index (κ3) is 5.90. The molecule has 9 heteroatoms. The molecule has 2 aromatic rings. The van der Waals surface area contributed by atoms with E-state index in [1.807, 2.05) is 48.5 Å². The Morgan fingerprint density at radius 2 is 1.90 bits per heavy atom. The number of rotatable bonds is 8. The summed E-state index contributed by atoms with van der Waals surface area (Å²) >= 11 is 0. The summed E-state index contributed by atoms with van der Waals surface area (Å²) in [6, 6.07) is 15.6. The van der Waals surface area contributed by atoms with Crippen molar-refractivity contribution < 1.29 is 28.3 Å². The molecule has 2 amide bonds. The second-order valence-electron chi connectivity index (χ2n) is 11.7. The number of nitrogens with zero attached hydrogens (tertiary/aromatic N) is 2. The molecule has 0 bridgehead atoms. The van der Waals surface area contributed by atoms with Crippen LogP contribution in [0.5, 0.6) is 0 Å². The van der Waals surface area contributed by atoms with Crippen LogP contribution in [0.25, 0.3) is 0 Å². The molecule has 0 aromatic heterocycles. The van der Waals surface area contributed by atoms with Gasteiger partial charge in [-0.3, -0.25) is 9.69 Å². The van der Waals surface area contributed by atoms with Crippen LogP contribution >= 0.6 is 0 Å². The molecule has 7 nitrogen and oxygen atoms in total. The fraction of sp³-hybridized carbons (Fsp3) is 0.533. The summed E-state index contributed by atoms with van der Waals surface area (Å²) in [6.45, 7) is 6.76. The van der Waals surface area contributed by atoms with E-state index < -0.39 is 14.5 Å². The van der Waals surface area contributed by atoms with Crippen LogP contribution in [0.1, 0.15) is 36.5 Å². The molecule has 2 fully saturated rings. The zero-order valence-electron chi connectivity index (χ0n) is 23.0. The third-order valence-corrected chi connectivity index (χ3v) is 11.1. The number of anilines is 1. The smallest absolute Gasteiger partial charge is 0.414 e. The van der Waals surface area contributed by atoms with Crippen LogP contribution < -0.4 is 4.90 Å². The molecule has 210 valence electrons. The Balaban J connectivity index is 1.27. The Labute approximate surface area is 231 Å². The lowest BCUT2D eigenvalue weighted by Crippen LogP contribution is -2.48. The molecular weight excluding hydrogens is 515 g/mol. The van der Waals surface area contributed by atoms with Crippen molar-refractivity contribution in [2.45, 2.75) is 76.0 Å². The van der Waals surface area contributed by atoms with E-state index >= 15 is 4.11 Å². The highest BCUT2D eigenvalue weighted by Gasteiger charge is 2.52. The van der Waals surface area contributed by atoms with Crippen LogP contribution in [0, 0.1) is 5.92 Å². The van der Waals surface area contributed by atoms with E-state index in [1.54, 1.807) is 22.9 Å². The number of hydrogen-bond acceptors (Lipinski definition) is 5. The van der Waals surface area contributed by atoms with Crippen LogP contribution in [-0.2, 0) is 33.7 Å². The van der Waals surface area contributed by atoms with Gasteiger partial charge >= 0.3 is 6.09 Å². The van der Waals surface area contributed by atoms with Gasteiger partial charge in [-0.15, -0.1) is 0 Å². The molecular formula is C30H39FN2O5Si. The number of hydrogen-bond donors (Lipinski definition) is 1. The molecule has 0 radical (unpaired) electrons. The zero-order chi connectivity index (χ0) is 27.7. The highest BCUT2D eigenvalue weighted by molar-refractivity contribution is 6.72. The minimum Gasteiger partial charge on any atom is -0.447 e. The second-order valence-corrected chi connectivity index (χ2v) is 15.5. The van der Waals surface area contributed by atoms with Crippen LogP contribution in [0.15, 0.2) is 48.5 Å². The molecule has 0 unspecified atom stereocenters. The number of carbonyl (C=O) groups is 2. The minimum absolute atomic E-state index is 0.0121. The van der Waals surface area contributed by atoms with Crippen molar-refractivity contribution in [2.75, 3.05) is 24.7 Å². The molecule has 0 aliphatic carbocycles. The Morgan fingerprint density at radius 3 is 2.59 bits per heavy atom. The van der Waals surface area contributed by atoms with Crippen LogP contribution in [0.3, 0.4) is 0 Å². The average molecular weight is 555 g/mol. The number of amides is 2. The molecule has 3 aliphatic rings. The number of aliphatic hydroxyl groups excluding tert-OH is 1. The molecule has 0 saturated carbocycles. The fourth-order valence-electron chi connectivity index (χ4n) is 6.72. The summed E-state index contributed by atoms with van der Waals surface area (Å²) in [5, 5.41) is 10.0. The molecule has 2 aromatic carbocycles. The molecule has 0 spiro atoms. The lowest BCUT2D eigenvalue weighted by atomic mass is 9.93. The van der Waals surface area contributed by atoms with Crippen molar-refractivity contribution in [3.05, 3.63) is 65.2 Å². The predicted octanol–water partition coefficient (Wildman–Crippen LogP) is 4.86. The minimum atomic E-state index is -3.14. The molecule has 3 heterocycles. The molecule has 5 atom stereocenters. The largest absolute Gasteiger partial charge is 0.447 e. The normalized spacial score (nSPS) is 27.0. The number of cyclic esters (lactones) is 1. The highest BCUT2D eigenvalue weighted by atomic mass is 28.4. The quantitative estimate of drug-likeness (QED) is 0.373. The second kappa shape index (κ2) is 11.4. The number of ether oxygens (including phenoxy) is 2. The van der Waals surface area contributed by atoms with Gasteiger partial charge in [-0.2, -0.15) is 0 Å². The molecule has 39 heavy (non-hydrogen) atoms. The van der Waals surface area contributed by atoms with Gasteiger partial charge in [0.15, 0.2) is 0 Å². The summed E-state index contributed by atoms with van der Waals surface area (Å²) in [5.41, 5.74) is 3.86. The van der Waals surface area contributed by atoms with E-state index in [4.69, 9.17) is 9.47 Å². The van der Waals surface area contributed by atoms with E-state index in [0.717, 1.165) is 28.8 Å². The van der Waals surface area contributed by atoms with Crippen molar-refractivity contribution in [1.29, 1.82) is 0 Å². The van der Waals surface area contributed by atoms with Crippen LogP contribution in [0.2, 0.25) is 18.6 Å². The Kier molecular flexibility index (Phi) is 8.12. The van der Waals surface area contributed by atoms with E-state index in [9.17, 15) is 14.7 Å². The van der Waals surface area contributed by atoms with Gasteiger partial charge in [0.05, 0.1) is 37.8 Å². The maximum absolute atomic E-state index is 15.7. The summed E-state index contributed by atoms with van der Waals surface area (Å²) in [7, 11) is -3.14. The standard InChI is InChI=1S/C30H39FN2O5Si/c1-20-26(12-11-21-7-6-10-24(15-21)32-13-14-37-30(32)36)38-27(29(20)39(2,3)31)17-28(35)33-18-23-9-5-4-8-22(23)16-25(33)19-34/h4-10,15,20,25-27,29,34H,11-14,16-19H2,1-3H3/t20-,25+,26+,27-,29+/m1/s1. The lowest BCUT2D eigenvalue weighted by molar-refractivity contribution is -0.138. The van der Waals surface area contributed by atoms with Crippen LogP contribution in [0.4, 0.5) is 14.6 Å². The van der Waals surface area contributed by atoms with Crippen molar-refractivity contribution in [1.82, 2.24) is 4.90 Å². The van der Waals surface area contributed by atoms with E-state index in [1.165, 1.54) is 0 Å². The zero-order valence-corrected chi connectivity index (χ0v) is 24.0. The first kappa shape index (κ1) is 27.8. The van der Waals surface area contributed by atoms with E-state index in [-0.39, 0.29) is 48.6 Å². The molecule has 5 rings (SSSR count). The summed E-state index contributed by atoms with van der Waals surface area (Å²) < 4.78 is 27.2. The van der Waals surface area contributed by atoms with Crippen molar-refractivity contribution in [2.24, 2.45) is 5.92 Å². The number of halogens is 1. The first-order chi connectivity index (χ1) is 18.7. The Hall–Kier alpha value is -2.75.